The molecule has 0 amide bonds. The van der Waals surface area contributed by atoms with Gasteiger partial charge in [0.2, 0.25) is 0 Å². The van der Waals surface area contributed by atoms with E-state index in [9.17, 15) is 0 Å². The number of hydrogen-bond acceptors (Lipinski definition) is 4. The van der Waals surface area contributed by atoms with Gasteiger partial charge >= 0.3 is 20.4 Å². The summed E-state index contributed by atoms with van der Waals surface area (Å²) < 4.78 is 0. The fourth-order valence-electron chi connectivity index (χ4n) is 3.58. The van der Waals surface area contributed by atoms with Gasteiger partial charge in [0.25, 0.3) is 0 Å². The van der Waals surface area contributed by atoms with Crippen molar-refractivity contribution in [2.45, 2.75) is 131 Å². The monoisotopic (exact) mass is 544 g/mol. The third kappa shape index (κ3) is 33.3. The number of carbonyl (C=O) groups is 2. The number of carbonyl (C=O) groups excluding carboxylic acids is 2. The Hall–Kier alpha value is 0.462. The molecular weight excluding hydrogens is 497 g/mol. The van der Waals surface area contributed by atoms with Crippen LogP contribution in [0, 0.1) is 0 Å². The summed E-state index contributed by atoms with van der Waals surface area (Å²) >= 11 is 0. The molecule has 0 N–H and O–H groups in total. The van der Waals surface area contributed by atoms with Crippen LogP contribution in [0.4, 0.5) is 0 Å². The van der Waals surface area contributed by atoms with Gasteiger partial charge in [0.1, 0.15) is 0 Å². The molecule has 180 valence electrons. The van der Waals surface area contributed by atoms with Crippen LogP contribution in [-0.2, 0) is 30.0 Å². The van der Waals surface area contributed by atoms with E-state index in [4.69, 9.17) is 19.8 Å². The molecule has 0 heterocycles. The van der Waals surface area contributed by atoms with Gasteiger partial charge in [-0.1, -0.05) is 98.9 Å². The van der Waals surface area contributed by atoms with Crippen LogP contribution in [0.25, 0.3) is 0 Å². The summed E-state index contributed by atoms with van der Waals surface area (Å²) in [6.07, 6.45) is 0. The predicted octanol–water partition coefficient (Wildman–Crippen LogP) is 4.90. The molecule has 0 aromatic carbocycles. The van der Waals surface area contributed by atoms with Crippen molar-refractivity contribution in [3.8, 4) is 0 Å². The first-order valence-electron chi connectivity index (χ1n) is 10.3. The first-order valence-corrected chi connectivity index (χ1v) is 13.4. The molecule has 0 aromatic heterocycles. The summed E-state index contributed by atoms with van der Waals surface area (Å²) in [7, 11) is 0.525. The van der Waals surface area contributed by atoms with Crippen molar-refractivity contribution in [3.05, 3.63) is 0 Å². The maximum atomic E-state index is 8.89. The van der Waals surface area contributed by atoms with Crippen LogP contribution in [0.2, 0.25) is 0 Å². The van der Waals surface area contributed by atoms with E-state index in [0.717, 1.165) is 47.8 Å². The van der Waals surface area contributed by atoms with E-state index in [1.54, 1.807) is 0 Å². The van der Waals surface area contributed by atoms with Crippen LogP contribution in [0.5, 0.6) is 0 Å². The van der Waals surface area contributed by atoms with Gasteiger partial charge in [0.15, 0.2) is 0 Å². The molecule has 0 aromatic rings. The number of carboxylic acids is 2. The van der Waals surface area contributed by atoms with Crippen LogP contribution in [0.1, 0.15) is 96.9 Å². The number of rotatable bonds is 6. The average Bonchev–Trinajstić information content (AvgIpc) is 2.33. The molecule has 0 rings (SSSR count). The zero-order chi connectivity index (χ0) is 23.8. The van der Waals surface area contributed by atoms with Crippen molar-refractivity contribution in [3.63, 3.8) is 0 Å². The van der Waals surface area contributed by atoms with Gasteiger partial charge < -0.3 is 19.8 Å². The average molecular weight is 545 g/mol. The standard InChI is InChI=1S/2C9H21P.2C2H4O2.Pd/c2*1-7(2)10(8(3)4)9(5)6;2*1-2(3)4;/h2*7-9H,1-6H3;2*1H3,(H,3,4);/q;;;;+2/p-2. The normalized spacial score (nSPS) is 10.4. The molecule has 0 aliphatic heterocycles. The van der Waals surface area contributed by atoms with Crippen molar-refractivity contribution in [1.82, 2.24) is 0 Å². The Labute approximate surface area is 198 Å². The van der Waals surface area contributed by atoms with Crippen molar-refractivity contribution < 1.29 is 40.2 Å². The molecule has 0 aliphatic carbocycles. The summed E-state index contributed by atoms with van der Waals surface area (Å²) in [5, 5.41) is 17.8. The van der Waals surface area contributed by atoms with Crippen molar-refractivity contribution in [1.29, 1.82) is 0 Å². The molecule has 0 bridgehead atoms. The van der Waals surface area contributed by atoms with E-state index in [-0.39, 0.29) is 36.3 Å². The Morgan fingerprint density at radius 2 is 0.552 bits per heavy atom. The smallest absolute Gasteiger partial charge is 0.550 e. The molecule has 0 saturated heterocycles. The fourth-order valence-corrected chi connectivity index (χ4v) is 10.7. The first-order chi connectivity index (χ1) is 12.4. The second kappa shape index (κ2) is 23.1. The summed E-state index contributed by atoms with van der Waals surface area (Å²) in [5.41, 5.74) is 5.39. The van der Waals surface area contributed by atoms with E-state index in [2.05, 4.69) is 83.1 Å². The van der Waals surface area contributed by atoms with E-state index >= 15 is 0 Å². The van der Waals surface area contributed by atoms with E-state index in [1.807, 2.05) is 0 Å². The predicted molar refractivity (Wildman–Crippen MR) is 126 cm³/mol. The van der Waals surface area contributed by atoms with E-state index in [1.165, 1.54) is 0 Å². The van der Waals surface area contributed by atoms with Crippen molar-refractivity contribution in [2.75, 3.05) is 0 Å². The van der Waals surface area contributed by atoms with Crippen molar-refractivity contribution in [2.24, 2.45) is 0 Å². The Kier molecular flexibility index (Phi) is 31.8. The molecule has 0 fully saturated rings. The van der Waals surface area contributed by atoms with Crippen LogP contribution in [-0.4, -0.2) is 45.9 Å². The zero-order valence-electron chi connectivity index (χ0n) is 21.3. The van der Waals surface area contributed by atoms with Gasteiger partial charge in [-0.3, -0.25) is 0 Å². The minimum atomic E-state index is -1.08. The van der Waals surface area contributed by atoms with Gasteiger partial charge in [-0.15, -0.1) is 0 Å². The second-order valence-corrected chi connectivity index (χ2v) is 16.4. The Morgan fingerprint density at radius 3 is 0.552 bits per heavy atom. The van der Waals surface area contributed by atoms with Crippen LogP contribution >= 0.6 is 15.8 Å². The molecular formula is C22H48O4P2Pd. The second-order valence-electron chi connectivity index (χ2n) is 8.44. The maximum Gasteiger partial charge on any atom is 2.00 e. The Morgan fingerprint density at radius 1 is 0.483 bits per heavy atom. The molecule has 0 saturated carbocycles. The molecule has 29 heavy (non-hydrogen) atoms. The molecule has 0 spiro atoms. The minimum Gasteiger partial charge on any atom is -0.550 e. The number of carboxylic acid groups (broad SMARTS) is 2. The minimum absolute atomic E-state index is 0. The molecule has 0 unspecified atom stereocenters. The summed E-state index contributed by atoms with van der Waals surface area (Å²) in [4.78, 5) is 17.8. The SMILES string of the molecule is CC(=O)[O-].CC(=O)[O-].CC(C)P(C(C)C)C(C)C.CC(C)P(C(C)C)C(C)C.[Pd+2]. The van der Waals surface area contributed by atoms with Gasteiger partial charge in [-0.25, -0.2) is 0 Å². The molecule has 7 heteroatoms. The van der Waals surface area contributed by atoms with Gasteiger partial charge in [-0.05, 0) is 47.8 Å². The topological polar surface area (TPSA) is 80.3 Å². The summed E-state index contributed by atoms with van der Waals surface area (Å²) in [6.45, 7) is 30.2. The molecule has 0 radical (unpaired) electrons. The van der Waals surface area contributed by atoms with E-state index in [0.29, 0.717) is 0 Å². The Bertz CT molecular complexity index is 303. The number of hydrogen-bond donors (Lipinski definition) is 0. The van der Waals surface area contributed by atoms with Crippen LogP contribution < -0.4 is 10.2 Å². The van der Waals surface area contributed by atoms with Gasteiger partial charge in [0.05, 0.1) is 0 Å². The molecule has 0 atom stereocenters. The zero-order valence-corrected chi connectivity index (χ0v) is 24.7. The van der Waals surface area contributed by atoms with Gasteiger partial charge in [0, 0.05) is 11.9 Å². The third-order valence-electron chi connectivity index (χ3n) is 3.58. The molecule has 0 aliphatic rings. The molecule has 4 nitrogen and oxygen atoms in total. The maximum absolute atomic E-state index is 8.89. The van der Waals surface area contributed by atoms with Crippen LogP contribution in [0.15, 0.2) is 0 Å². The summed E-state index contributed by atoms with van der Waals surface area (Å²) in [5.74, 6) is -2.17. The largest absolute Gasteiger partial charge is 2.00 e. The quantitative estimate of drug-likeness (QED) is 0.352. The first kappa shape index (κ1) is 39.9. The fraction of sp³-hybridized carbons (Fsp3) is 0.909. The number of aliphatic carboxylic acids is 2. The van der Waals surface area contributed by atoms with Crippen LogP contribution in [0.3, 0.4) is 0 Å². The third-order valence-corrected chi connectivity index (χ3v) is 10.7. The van der Waals surface area contributed by atoms with Gasteiger partial charge in [-0.2, -0.15) is 0 Å². The summed E-state index contributed by atoms with van der Waals surface area (Å²) in [6, 6.07) is 0. The van der Waals surface area contributed by atoms with Crippen molar-refractivity contribution >= 4 is 27.8 Å². The van der Waals surface area contributed by atoms with E-state index < -0.39 is 11.9 Å². The Balaban J connectivity index is -0.0000000950.